The monoisotopic (exact) mass is 385 g/mol. The summed E-state index contributed by atoms with van der Waals surface area (Å²) in [7, 11) is 0. The Morgan fingerprint density at radius 3 is 2.89 bits per heavy atom. The van der Waals surface area contributed by atoms with Gasteiger partial charge in [-0.3, -0.25) is 9.48 Å². The van der Waals surface area contributed by atoms with E-state index in [9.17, 15) is 4.79 Å². The van der Waals surface area contributed by atoms with E-state index in [1.807, 2.05) is 23.7 Å². The number of carbonyl (C=O) groups excluding carboxylic acids is 1. The van der Waals surface area contributed by atoms with Gasteiger partial charge < -0.3 is 5.32 Å². The van der Waals surface area contributed by atoms with E-state index in [4.69, 9.17) is 0 Å². The van der Waals surface area contributed by atoms with Gasteiger partial charge in [0.15, 0.2) is 0 Å². The van der Waals surface area contributed by atoms with E-state index in [0.29, 0.717) is 12.1 Å². The molecule has 0 spiro atoms. The maximum absolute atomic E-state index is 12.0. The Kier molecular flexibility index (Phi) is 4.76. The molecule has 0 aliphatic carbocycles. The molecule has 0 aliphatic rings. The lowest BCUT2D eigenvalue weighted by Crippen LogP contribution is -2.24. The fraction of sp³-hybridized carbons (Fsp3) is 0.231. The molecular formula is C13H13Br2N3O. The zero-order valence-corrected chi connectivity index (χ0v) is 13.5. The first-order valence-electron chi connectivity index (χ1n) is 5.85. The maximum atomic E-state index is 12.0. The summed E-state index contributed by atoms with van der Waals surface area (Å²) in [5.41, 5.74) is 1.60. The number of aryl methyl sites for hydroxylation is 1. The molecule has 0 bridgehead atoms. The predicted molar refractivity (Wildman–Crippen MR) is 80.9 cm³/mol. The highest BCUT2D eigenvalue weighted by atomic mass is 79.9. The van der Waals surface area contributed by atoms with Crippen LogP contribution in [0.4, 0.5) is 0 Å². The second-order valence-electron chi connectivity index (χ2n) is 3.95. The van der Waals surface area contributed by atoms with Crippen molar-refractivity contribution in [2.75, 3.05) is 0 Å². The van der Waals surface area contributed by atoms with Crippen LogP contribution in [0.2, 0.25) is 0 Å². The van der Waals surface area contributed by atoms with Crippen molar-refractivity contribution in [3.05, 3.63) is 50.7 Å². The lowest BCUT2D eigenvalue weighted by Gasteiger charge is -2.08. The summed E-state index contributed by atoms with van der Waals surface area (Å²) in [4.78, 5) is 12.0. The van der Waals surface area contributed by atoms with Crippen molar-refractivity contribution in [3.8, 4) is 0 Å². The van der Waals surface area contributed by atoms with Crippen molar-refractivity contribution in [1.29, 1.82) is 0 Å². The number of nitrogens with zero attached hydrogens (tertiary/aromatic N) is 2. The third-order valence-electron chi connectivity index (χ3n) is 2.70. The lowest BCUT2D eigenvalue weighted by molar-refractivity contribution is 0.0950. The number of hydrogen-bond donors (Lipinski definition) is 1. The highest BCUT2D eigenvalue weighted by Crippen LogP contribution is 2.16. The Morgan fingerprint density at radius 1 is 1.42 bits per heavy atom. The molecule has 0 aliphatic heterocycles. The average molecular weight is 387 g/mol. The van der Waals surface area contributed by atoms with Gasteiger partial charge in [-0.25, -0.2) is 0 Å². The summed E-state index contributed by atoms with van der Waals surface area (Å²) >= 11 is 6.79. The zero-order valence-electron chi connectivity index (χ0n) is 10.4. The van der Waals surface area contributed by atoms with Crippen LogP contribution in [0.15, 0.2) is 39.4 Å². The van der Waals surface area contributed by atoms with Crippen molar-refractivity contribution in [2.45, 2.75) is 20.0 Å². The fourth-order valence-electron chi connectivity index (χ4n) is 1.73. The van der Waals surface area contributed by atoms with E-state index in [0.717, 1.165) is 21.2 Å². The van der Waals surface area contributed by atoms with Gasteiger partial charge in [-0.2, -0.15) is 5.10 Å². The molecule has 1 heterocycles. The summed E-state index contributed by atoms with van der Waals surface area (Å²) < 4.78 is 3.65. The molecule has 6 heteroatoms. The van der Waals surface area contributed by atoms with Crippen molar-refractivity contribution >= 4 is 37.8 Å². The van der Waals surface area contributed by atoms with Crippen LogP contribution in [0.25, 0.3) is 0 Å². The predicted octanol–water partition coefficient (Wildman–Crippen LogP) is 3.36. The first-order valence-corrected chi connectivity index (χ1v) is 7.44. The molecule has 4 nitrogen and oxygen atoms in total. The summed E-state index contributed by atoms with van der Waals surface area (Å²) in [5, 5.41) is 7.10. The minimum Gasteiger partial charge on any atom is -0.346 e. The number of benzene rings is 1. The Balaban J connectivity index is 2.06. The minimum absolute atomic E-state index is 0.1000. The molecule has 0 atom stereocenters. The van der Waals surface area contributed by atoms with Gasteiger partial charge in [-0.05, 0) is 41.1 Å². The quantitative estimate of drug-likeness (QED) is 0.875. The highest BCUT2D eigenvalue weighted by molar-refractivity contribution is 9.10. The van der Waals surface area contributed by atoms with Crippen LogP contribution in [-0.4, -0.2) is 15.7 Å². The lowest BCUT2D eigenvalue weighted by atomic mass is 10.2. The standard InChI is InChI=1S/C13H13Br2N3O/c1-2-18-12(11(15)7-17-18)8-16-13(19)9-4-3-5-10(14)6-9/h3-7H,2,8H2,1H3,(H,16,19). The van der Waals surface area contributed by atoms with E-state index in [1.54, 1.807) is 18.3 Å². The SMILES string of the molecule is CCn1ncc(Br)c1CNC(=O)c1cccc(Br)c1. The molecule has 1 N–H and O–H groups in total. The molecule has 1 aromatic carbocycles. The first kappa shape index (κ1) is 14.3. The van der Waals surface area contributed by atoms with E-state index in [-0.39, 0.29) is 5.91 Å². The summed E-state index contributed by atoms with van der Waals surface area (Å²) in [5.74, 6) is -0.1000. The molecule has 0 saturated heterocycles. The first-order chi connectivity index (χ1) is 9.11. The summed E-state index contributed by atoms with van der Waals surface area (Å²) in [6, 6.07) is 7.30. The summed E-state index contributed by atoms with van der Waals surface area (Å²) in [6.07, 6.45) is 1.74. The smallest absolute Gasteiger partial charge is 0.251 e. The molecule has 100 valence electrons. The van der Waals surface area contributed by atoms with Gasteiger partial charge in [0.25, 0.3) is 5.91 Å². The molecule has 2 aromatic rings. The van der Waals surface area contributed by atoms with E-state index in [1.165, 1.54) is 0 Å². The molecular weight excluding hydrogens is 374 g/mol. The van der Waals surface area contributed by atoms with Crippen LogP contribution in [0.3, 0.4) is 0 Å². The van der Waals surface area contributed by atoms with Gasteiger partial charge >= 0.3 is 0 Å². The van der Waals surface area contributed by atoms with Gasteiger partial charge in [0, 0.05) is 16.6 Å². The number of halogens is 2. The molecule has 0 fully saturated rings. The average Bonchev–Trinajstić information content (AvgIpc) is 2.76. The van der Waals surface area contributed by atoms with Crippen LogP contribution in [0, 0.1) is 0 Å². The number of aromatic nitrogens is 2. The number of hydrogen-bond acceptors (Lipinski definition) is 2. The fourth-order valence-corrected chi connectivity index (χ4v) is 2.57. The molecule has 0 radical (unpaired) electrons. The van der Waals surface area contributed by atoms with Crippen LogP contribution in [0.1, 0.15) is 23.0 Å². The van der Waals surface area contributed by atoms with Crippen LogP contribution in [0.5, 0.6) is 0 Å². The number of carbonyl (C=O) groups is 1. The molecule has 0 saturated carbocycles. The largest absolute Gasteiger partial charge is 0.346 e. The Morgan fingerprint density at radius 2 is 2.21 bits per heavy atom. The number of rotatable bonds is 4. The van der Waals surface area contributed by atoms with Gasteiger partial charge in [-0.1, -0.05) is 22.0 Å². The van der Waals surface area contributed by atoms with E-state index >= 15 is 0 Å². The zero-order chi connectivity index (χ0) is 13.8. The Labute approximate surface area is 128 Å². The molecule has 0 unspecified atom stereocenters. The van der Waals surface area contributed by atoms with Crippen molar-refractivity contribution < 1.29 is 4.79 Å². The minimum atomic E-state index is -0.1000. The number of amides is 1. The van der Waals surface area contributed by atoms with Gasteiger partial charge in [-0.15, -0.1) is 0 Å². The Hall–Kier alpha value is -1.14. The summed E-state index contributed by atoms with van der Waals surface area (Å²) in [6.45, 7) is 3.23. The number of nitrogens with one attached hydrogen (secondary N) is 1. The van der Waals surface area contributed by atoms with Gasteiger partial charge in [0.2, 0.25) is 0 Å². The second-order valence-corrected chi connectivity index (χ2v) is 5.72. The molecule has 19 heavy (non-hydrogen) atoms. The normalized spacial score (nSPS) is 10.5. The Bertz CT molecular complexity index is 595. The van der Waals surface area contributed by atoms with Crippen molar-refractivity contribution in [1.82, 2.24) is 15.1 Å². The third-order valence-corrected chi connectivity index (χ3v) is 3.86. The van der Waals surface area contributed by atoms with E-state index < -0.39 is 0 Å². The van der Waals surface area contributed by atoms with Crippen molar-refractivity contribution in [3.63, 3.8) is 0 Å². The molecule has 1 aromatic heterocycles. The van der Waals surface area contributed by atoms with Crippen LogP contribution >= 0.6 is 31.9 Å². The van der Waals surface area contributed by atoms with Crippen molar-refractivity contribution in [2.24, 2.45) is 0 Å². The molecule has 1 amide bonds. The second kappa shape index (κ2) is 6.34. The van der Waals surface area contributed by atoms with Crippen LogP contribution < -0.4 is 5.32 Å². The maximum Gasteiger partial charge on any atom is 0.251 e. The van der Waals surface area contributed by atoms with Crippen LogP contribution in [-0.2, 0) is 13.1 Å². The highest BCUT2D eigenvalue weighted by Gasteiger charge is 2.10. The van der Waals surface area contributed by atoms with Gasteiger partial charge in [0.1, 0.15) is 0 Å². The molecule has 2 rings (SSSR count). The third kappa shape index (κ3) is 3.45. The topological polar surface area (TPSA) is 46.9 Å². The van der Waals surface area contributed by atoms with E-state index in [2.05, 4.69) is 42.3 Å². The van der Waals surface area contributed by atoms with Gasteiger partial charge in [0.05, 0.1) is 22.9 Å².